The molecule has 1 rings (SSSR count). The minimum absolute atomic E-state index is 0.114. The van der Waals surface area contributed by atoms with Gasteiger partial charge in [-0.1, -0.05) is 29.8 Å². The maximum atomic E-state index is 12.5. The number of nitrogens with one attached hydrogen (secondary N) is 1. The van der Waals surface area contributed by atoms with E-state index in [1.165, 1.54) is 29.6 Å². The molecular weight excluding hydrogens is 360 g/mol. The number of benzene rings is 1. The lowest BCUT2D eigenvalue weighted by Gasteiger charge is -2.19. The van der Waals surface area contributed by atoms with Gasteiger partial charge in [0.2, 0.25) is 15.9 Å². The molecule has 0 saturated carbocycles. The van der Waals surface area contributed by atoms with E-state index in [0.29, 0.717) is 24.5 Å². The van der Waals surface area contributed by atoms with Gasteiger partial charge in [-0.05, 0) is 18.2 Å². The topological polar surface area (TPSA) is 75.7 Å². The van der Waals surface area contributed by atoms with Gasteiger partial charge in [0.05, 0.1) is 23.0 Å². The van der Waals surface area contributed by atoms with Crippen LogP contribution in [-0.4, -0.2) is 44.2 Å². The number of sulfonamides is 1. The van der Waals surface area contributed by atoms with E-state index in [1.807, 2.05) is 0 Å². The molecule has 0 spiro atoms. The summed E-state index contributed by atoms with van der Waals surface area (Å²) in [5.74, 6) is 0.119. The highest BCUT2D eigenvalue weighted by atomic mass is 79.9. The van der Waals surface area contributed by atoms with Crippen LogP contribution in [0.15, 0.2) is 23.1 Å². The van der Waals surface area contributed by atoms with E-state index in [2.05, 4.69) is 21.2 Å². The number of methoxy groups -OCH3 is 1. The van der Waals surface area contributed by atoms with Crippen LogP contribution in [0, 0.1) is 0 Å². The van der Waals surface area contributed by atoms with Gasteiger partial charge in [0.1, 0.15) is 5.75 Å². The minimum Gasteiger partial charge on any atom is -0.495 e. The van der Waals surface area contributed by atoms with Crippen molar-refractivity contribution in [2.45, 2.75) is 18.7 Å². The first kappa shape index (κ1) is 17.9. The first-order chi connectivity index (χ1) is 9.90. The Morgan fingerprint density at radius 2 is 1.95 bits per heavy atom. The minimum atomic E-state index is -3.58. The predicted octanol–water partition coefficient (Wildman–Crippen LogP) is 2.06. The van der Waals surface area contributed by atoms with Crippen LogP contribution in [0.5, 0.6) is 5.75 Å². The monoisotopic (exact) mass is 378 g/mol. The van der Waals surface area contributed by atoms with Crippen molar-refractivity contribution >= 4 is 37.5 Å². The van der Waals surface area contributed by atoms with Crippen molar-refractivity contribution in [3.63, 3.8) is 0 Å². The number of anilines is 1. The van der Waals surface area contributed by atoms with Gasteiger partial charge in [-0.3, -0.25) is 4.79 Å². The van der Waals surface area contributed by atoms with Gasteiger partial charge in [-0.2, -0.15) is 4.31 Å². The standard InChI is InChI=1S/C13H19BrN2O4S/c1-4-16(5-2)21(18,19)10-6-7-12(20-3)11(8-10)15-13(17)9-14/h6-8H,4-5,9H2,1-3H3,(H,15,17). The molecule has 0 bridgehead atoms. The molecule has 6 nitrogen and oxygen atoms in total. The fourth-order valence-electron chi connectivity index (χ4n) is 1.84. The third kappa shape index (κ3) is 4.18. The molecule has 0 aromatic heterocycles. The molecule has 8 heteroatoms. The zero-order chi connectivity index (χ0) is 16.0. The number of rotatable bonds is 7. The van der Waals surface area contributed by atoms with E-state index in [4.69, 9.17) is 4.74 Å². The summed E-state index contributed by atoms with van der Waals surface area (Å²) in [6.07, 6.45) is 0. The molecule has 0 unspecified atom stereocenters. The Kier molecular flexibility index (Phi) is 6.63. The van der Waals surface area contributed by atoms with Crippen LogP contribution in [0.2, 0.25) is 0 Å². The molecule has 0 aliphatic rings. The van der Waals surface area contributed by atoms with Crippen molar-refractivity contribution in [3.8, 4) is 5.75 Å². The number of carbonyl (C=O) groups excluding carboxylic acids is 1. The average Bonchev–Trinajstić information content (AvgIpc) is 2.47. The summed E-state index contributed by atoms with van der Waals surface area (Å²) in [7, 11) is -2.12. The molecule has 118 valence electrons. The number of alkyl halides is 1. The Hall–Kier alpha value is -1.12. The van der Waals surface area contributed by atoms with Gasteiger partial charge < -0.3 is 10.1 Å². The molecule has 0 radical (unpaired) electrons. The fraction of sp³-hybridized carbons (Fsp3) is 0.462. The van der Waals surface area contributed by atoms with Crippen molar-refractivity contribution in [1.82, 2.24) is 4.31 Å². The van der Waals surface area contributed by atoms with E-state index in [9.17, 15) is 13.2 Å². The van der Waals surface area contributed by atoms with Crippen LogP contribution in [-0.2, 0) is 14.8 Å². The summed E-state index contributed by atoms with van der Waals surface area (Å²) in [4.78, 5) is 11.6. The largest absolute Gasteiger partial charge is 0.495 e. The molecule has 0 aliphatic carbocycles. The van der Waals surface area contributed by atoms with E-state index < -0.39 is 10.0 Å². The first-order valence-corrected chi connectivity index (χ1v) is 9.00. The van der Waals surface area contributed by atoms with E-state index in [0.717, 1.165) is 0 Å². The highest BCUT2D eigenvalue weighted by Gasteiger charge is 2.23. The Labute approximate surface area is 133 Å². The molecule has 1 N–H and O–H groups in total. The number of nitrogens with zero attached hydrogens (tertiary/aromatic N) is 1. The van der Waals surface area contributed by atoms with Gasteiger partial charge >= 0.3 is 0 Å². The molecule has 0 aliphatic heterocycles. The smallest absolute Gasteiger partial charge is 0.243 e. The molecule has 0 atom stereocenters. The summed E-state index contributed by atoms with van der Waals surface area (Å²) >= 11 is 3.04. The summed E-state index contributed by atoms with van der Waals surface area (Å²) in [6.45, 7) is 4.32. The van der Waals surface area contributed by atoms with Crippen molar-refractivity contribution < 1.29 is 17.9 Å². The number of hydrogen-bond acceptors (Lipinski definition) is 4. The zero-order valence-corrected chi connectivity index (χ0v) is 14.6. The Balaban J connectivity index is 3.27. The molecular formula is C13H19BrN2O4S. The lowest BCUT2D eigenvalue weighted by molar-refractivity contribution is -0.113. The molecule has 21 heavy (non-hydrogen) atoms. The van der Waals surface area contributed by atoms with Crippen molar-refractivity contribution in [2.75, 3.05) is 30.8 Å². The lowest BCUT2D eigenvalue weighted by Crippen LogP contribution is -2.30. The van der Waals surface area contributed by atoms with Crippen LogP contribution in [0.25, 0.3) is 0 Å². The number of halogens is 1. The average molecular weight is 379 g/mol. The molecule has 1 aromatic rings. The van der Waals surface area contributed by atoms with Crippen LogP contribution in [0.4, 0.5) is 5.69 Å². The summed E-state index contributed by atoms with van der Waals surface area (Å²) in [5, 5.41) is 2.72. The Morgan fingerprint density at radius 1 is 1.33 bits per heavy atom. The van der Waals surface area contributed by atoms with E-state index in [-0.39, 0.29) is 16.1 Å². The Bertz CT molecular complexity index is 600. The van der Waals surface area contributed by atoms with Crippen molar-refractivity contribution in [3.05, 3.63) is 18.2 Å². The highest BCUT2D eigenvalue weighted by Crippen LogP contribution is 2.29. The molecule has 0 fully saturated rings. The fourth-order valence-corrected chi connectivity index (χ4v) is 3.47. The highest BCUT2D eigenvalue weighted by molar-refractivity contribution is 9.09. The number of amides is 1. The third-order valence-electron chi connectivity index (χ3n) is 2.91. The second kappa shape index (κ2) is 7.77. The molecule has 1 aromatic carbocycles. The zero-order valence-electron chi connectivity index (χ0n) is 12.2. The van der Waals surface area contributed by atoms with Gasteiger partial charge in [-0.25, -0.2) is 8.42 Å². The van der Waals surface area contributed by atoms with Gasteiger partial charge in [-0.15, -0.1) is 0 Å². The van der Waals surface area contributed by atoms with Crippen LogP contribution < -0.4 is 10.1 Å². The second-order valence-electron chi connectivity index (χ2n) is 4.13. The maximum Gasteiger partial charge on any atom is 0.243 e. The SMILES string of the molecule is CCN(CC)S(=O)(=O)c1ccc(OC)c(NC(=O)CBr)c1. The number of hydrogen-bond donors (Lipinski definition) is 1. The number of ether oxygens (including phenoxy) is 1. The van der Waals surface area contributed by atoms with Gasteiger partial charge in [0.25, 0.3) is 0 Å². The molecule has 1 amide bonds. The second-order valence-corrected chi connectivity index (χ2v) is 6.63. The van der Waals surface area contributed by atoms with Gasteiger partial charge in [0, 0.05) is 13.1 Å². The van der Waals surface area contributed by atoms with Gasteiger partial charge in [0.15, 0.2) is 0 Å². The van der Waals surface area contributed by atoms with Crippen LogP contribution in [0.1, 0.15) is 13.8 Å². The quantitative estimate of drug-likeness (QED) is 0.736. The van der Waals surface area contributed by atoms with E-state index in [1.54, 1.807) is 13.8 Å². The molecule has 0 saturated heterocycles. The predicted molar refractivity (Wildman–Crippen MR) is 85.5 cm³/mol. The third-order valence-corrected chi connectivity index (χ3v) is 5.46. The Morgan fingerprint density at radius 3 is 2.43 bits per heavy atom. The summed E-state index contributed by atoms with van der Waals surface area (Å²) < 4.78 is 31.4. The van der Waals surface area contributed by atoms with E-state index >= 15 is 0 Å². The summed E-state index contributed by atoms with van der Waals surface area (Å²) in [5.41, 5.74) is 0.329. The number of carbonyl (C=O) groups is 1. The van der Waals surface area contributed by atoms with Crippen LogP contribution in [0.3, 0.4) is 0 Å². The van der Waals surface area contributed by atoms with Crippen LogP contribution >= 0.6 is 15.9 Å². The van der Waals surface area contributed by atoms with Crippen molar-refractivity contribution in [1.29, 1.82) is 0 Å². The maximum absolute atomic E-state index is 12.5. The normalized spacial score (nSPS) is 11.5. The lowest BCUT2D eigenvalue weighted by atomic mass is 10.3. The first-order valence-electron chi connectivity index (χ1n) is 6.44. The summed E-state index contributed by atoms with van der Waals surface area (Å²) in [6, 6.07) is 4.41. The molecule has 0 heterocycles. The van der Waals surface area contributed by atoms with Crippen molar-refractivity contribution in [2.24, 2.45) is 0 Å².